The predicted octanol–water partition coefficient (Wildman–Crippen LogP) is 2.04. The van der Waals surface area contributed by atoms with Crippen molar-refractivity contribution in [1.82, 2.24) is 9.55 Å². The molecule has 1 heterocycles. The SMILES string of the molecule is Cc1cccc2ncn(C3CC3)c(=O)c12. The molecule has 0 unspecified atom stereocenters. The van der Waals surface area contributed by atoms with Crippen LogP contribution < -0.4 is 5.56 Å². The van der Waals surface area contributed by atoms with Gasteiger partial charge in [-0.3, -0.25) is 9.36 Å². The van der Waals surface area contributed by atoms with Crippen LogP contribution in [0.1, 0.15) is 24.4 Å². The van der Waals surface area contributed by atoms with Crippen LogP contribution in [0.25, 0.3) is 10.9 Å². The highest BCUT2D eigenvalue weighted by Gasteiger charge is 2.25. The minimum atomic E-state index is 0.112. The van der Waals surface area contributed by atoms with Crippen LogP contribution >= 0.6 is 0 Å². The van der Waals surface area contributed by atoms with Crippen molar-refractivity contribution in [3.8, 4) is 0 Å². The molecule has 1 fully saturated rings. The second kappa shape index (κ2) is 2.92. The zero-order valence-corrected chi connectivity index (χ0v) is 8.60. The molecule has 0 aliphatic heterocycles. The van der Waals surface area contributed by atoms with E-state index >= 15 is 0 Å². The minimum absolute atomic E-state index is 0.112. The lowest BCUT2D eigenvalue weighted by atomic mass is 10.1. The van der Waals surface area contributed by atoms with Gasteiger partial charge in [0.15, 0.2) is 0 Å². The van der Waals surface area contributed by atoms with Crippen LogP contribution in [0, 0.1) is 6.92 Å². The van der Waals surface area contributed by atoms with Gasteiger partial charge in [0.2, 0.25) is 0 Å². The second-order valence-corrected chi connectivity index (χ2v) is 4.16. The van der Waals surface area contributed by atoms with E-state index in [1.165, 1.54) is 0 Å². The Morgan fingerprint density at radius 2 is 2.20 bits per heavy atom. The summed E-state index contributed by atoms with van der Waals surface area (Å²) >= 11 is 0. The molecule has 0 amide bonds. The number of hydrogen-bond donors (Lipinski definition) is 0. The summed E-state index contributed by atoms with van der Waals surface area (Å²) in [6.45, 7) is 1.96. The first-order valence-electron chi connectivity index (χ1n) is 5.24. The highest BCUT2D eigenvalue weighted by molar-refractivity contribution is 5.80. The largest absolute Gasteiger partial charge is 0.296 e. The van der Waals surface area contributed by atoms with Crippen LogP contribution in [-0.4, -0.2) is 9.55 Å². The van der Waals surface area contributed by atoms with E-state index in [2.05, 4.69) is 4.98 Å². The van der Waals surface area contributed by atoms with Gasteiger partial charge in [-0.2, -0.15) is 0 Å². The summed E-state index contributed by atoms with van der Waals surface area (Å²) in [7, 11) is 0. The van der Waals surface area contributed by atoms with Crippen LogP contribution in [-0.2, 0) is 0 Å². The highest BCUT2D eigenvalue weighted by Crippen LogP contribution is 2.33. The van der Waals surface area contributed by atoms with Crippen LogP contribution in [0.3, 0.4) is 0 Å². The molecule has 1 saturated carbocycles. The van der Waals surface area contributed by atoms with Crippen molar-refractivity contribution < 1.29 is 0 Å². The summed E-state index contributed by atoms with van der Waals surface area (Å²) in [5.41, 5.74) is 1.93. The van der Waals surface area contributed by atoms with Gasteiger partial charge in [0.05, 0.1) is 17.2 Å². The lowest BCUT2D eigenvalue weighted by Gasteiger charge is -2.05. The summed E-state index contributed by atoms with van der Waals surface area (Å²) in [6.07, 6.45) is 3.90. The third-order valence-electron chi connectivity index (χ3n) is 2.96. The van der Waals surface area contributed by atoms with E-state index < -0.39 is 0 Å². The fourth-order valence-corrected chi connectivity index (χ4v) is 1.96. The van der Waals surface area contributed by atoms with Gasteiger partial charge in [-0.15, -0.1) is 0 Å². The van der Waals surface area contributed by atoms with E-state index in [0.29, 0.717) is 6.04 Å². The average molecular weight is 200 g/mol. The zero-order valence-electron chi connectivity index (χ0n) is 8.60. The quantitative estimate of drug-likeness (QED) is 0.706. The molecule has 0 bridgehead atoms. The zero-order chi connectivity index (χ0) is 10.4. The van der Waals surface area contributed by atoms with Crippen molar-refractivity contribution in [2.24, 2.45) is 0 Å². The van der Waals surface area contributed by atoms with Gasteiger partial charge >= 0.3 is 0 Å². The Kier molecular flexibility index (Phi) is 1.69. The molecule has 3 heteroatoms. The number of benzene rings is 1. The van der Waals surface area contributed by atoms with Gasteiger partial charge < -0.3 is 0 Å². The molecule has 1 aromatic heterocycles. The average Bonchev–Trinajstić information content (AvgIpc) is 3.02. The van der Waals surface area contributed by atoms with Crippen molar-refractivity contribution in [2.75, 3.05) is 0 Å². The van der Waals surface area contributed by atoms with E-state index in [0.717, 1.165) is 29.3 Å². The van der Waals surface area contributed by atoms with E-state index in [1.54, 1.807) is 10.9 Å². The number of fused-ring (bicyclic) bond motifs is 1. The van der Waals surface area contributed by atoms with Crippen molar-refractivity contribution in [3.05, 3.63) is 40.4 Å². The molecule has 15 heavy (non-hydrogen) atoms. The summed E-state index contributed by atoms with van der Waals surface area (Å²) < 4.78 is 1.77. The Hall–Kier alpha value is -1.64. The molecule has 0 N–H and O–H groups in total. The maximum Gasteiger partial charge on any atom is 0.261 e. The van der Waals surface area contributed by atoms with Crippen molar-refractivity contribution in [3.63, 3.8) is 0 Å². The number of aromatic nitrogens is 2. The van der Waals surface area contributed by atoms with Crippen molar-refractivity contribution in [2.45, 2.75) is 25.8 Å². The minimum Gasteiger partial charge on any atom is -0.296 e. The molecule has 1 aliphatic rings. The lowest BCUT2D eigenvalue weighted by Crippen LogP contribution is -2.20. The standard InChI is InChI=1S/C12H12N2O/c1-8-3-2-4-10-11(8)12(15)14(7-13-10)9-5-6-9/h2-4,7,9H,5-6H2,1H3. The molecule has 0 atom stereocenters. The molecular weight excluding hydrogens is 188 g/mol. The molecular formula is C12H12N2O. The molecule has 3 nitrogen and oxygen atoms in total. The van der Waals surface area contributed by atoms with Crippen LogP contribution in [0.4, 0.5) is 0 Å². The van der Waals surface area contributed by atoms with Gasteiger partial charge in [-0.25, -0.2) is 4.98 Å². The van der Waals surface area contributed by atoms with Crippen molar-refractivity contribution in [1.29, 1.82) is 0 Å². The Morgan fingerprint density at radius 3 is 2.93 bits per heavy atom. The summed E-state index contributed by atoms with van der Waals surface area (Å²) in [5.74, 6) is 0. The Bertz CT molecular complexity index is 582. The summed E-state index contributed by atoms with van der Waals surface area (Å²) in [5, 5.41) is 0.770. The Labute approximate surface area is 87.4 Å². The molecule has 76 valence electrons. The topological polar surface area (TPSA) is 34.9 Å². The normalized spacial score (nSPS) is 15.8. The van der Waals surface area contributed by atoms with Crippen LogP contribution in [0.15, 0.2) is 29.3 Å². The van der Waals surface area contributed by atoms with Gasteiger partial charge in [0.25, 0.3) is 5.56 Å². The first-order valence-corrected chi connectivity index (χ1v) is 5.24. The summed E-state index contributed by atoms with van der Waals surface area (Å²) in [6, 6.07) is 6.18. The number of nitrogens with zero attached hydrogens (tertiary/aromatic N) is 2. The third kappa shape index (κ3) is 1.27. The van der Waals surface area contributed by atoms with E-state index in [9.17, 15) is 4.79 Å². The monoisotopic (exact) mass is 200 g/mol. The van der Waals surface area contributed by atoms with E-state index in [1.807, 2.05) is 25.1 Å². The van der Waals surface area contributed by atoms with Gasteiger partial charge in [0.1, 0.15) is 0 Å². The fourth-order valence-electron chi connectivity index (χ4n) is 1.96. The fraction of sp³-hybridized carbons (Fsp3) is 0.333. The Balaban J connectivity index is 2.40. The molecule has 0 radical (unpaired) electrons. The first kappa shape index (κ1) is 8.65. The van der Waals surface area contributed by atoms with E-state index in [4.69, 9.17) is 0 Å². The number of rotatable bonds is 1. The maximum atomic E-state index is 12.2. The molecule has 1 aromatic carbocycles. The highest BCUT2D eigenvalue weighted by atomic mass is 16.1. The van der Waals surface area contributed by atoms with Crippen molar-refractivity contribution >= 4 is 10.9 Å². The maximum absolute atomic E-state index is 12.2. The smallest absolute Gasteiger partial charge is 0.261 e. The van der Waals surface area contributed by atoms with Gasteiger partial charge in [0, 0.05) is 6.04 Å². The number of hydrogen-bond acceptors (Lipinski definition) is 2. The molecule has 2 aromatic rings. The summed E-state index contributed by atoms with van der Waals surface area (Å²) in [4.78, 5) is 16.5. The van der Waals surface area contributed by atoms with E-state index in [-0.39, 0.29) is 5.56 Å². The van der Waals surface area contributed by atoms with Crippen LogP contribution in [0.2, 0.25) is 0 Å². The third-order valence-corrected chi connectivity index (χ3v) is 2.96. The van der Waals surface area contributed by atoms with Gasteiger partial charge in [-0.1, -0.05) is 12.1 Å². The molecule has 0 spiro atoms. The second-order valence-electron chi connectivity index (χ2n) is 4.16. The Morgan fingerprint density at radius 1 is 1.40 bits per heavy atom. The number of aryl methyl sites for hydroxylation is 1. The molecule has 1 aliphatic carbocycles. The molecule has 0 saturated heterocycles. The van der Waals surface area contributed by atoms with Crippen LogP contribution in [0.5, 0.6) is 0 Å². The van der Waals surface area contributed by atoms with Gasteiger partial charge in [-0.05, 0) is 31.4 Å². The first-order chi connectivity index (χ1) is 7.27. The lowest BCUT2D eigenvalue weighted by molar-refractivity contribution is 0.698. The predicted molar refractivity (Wildman–Crippen MR) is 59.0 cm³/mol. The molecule has 3 rings (SSSR count).